The predicted octanol–water partition coefficient (Wildman–Crippen LogP) is 4.41. The van der Waals surface area contributed by atoms with E-state index in [-0.39, 0.29) is 20.8 Å². The zero-order valence-corrected chi connectivity index (χ0v) is 13.5. The van der Waals surface area contributed by atoms with Gasteiger partial charge in [0.2, 0.25) is 0 Å². The van der Waals surface area contributed by atoms with Crippen LogP contribution in [0.5, 0.6) is 0 Å². The van der Waals surface area contributed by atoms with Crippen LogP contribution in [-0.4, -0.2) is 23.1 Å². The van der Waals surface area contributed by atoms with Crippen LogP contribution in [0.3, 0.4) is 0 Å². The van der Waals surface area contributed by atoms with Crippen LogP contribution < -0.4 is 10.6 Å². The summed E-state index contributed by atoms with van der Waals surface area (Å²) in [7, 11) is 0. The number of hydrogen-bond donors (Lipinski definition) is 3. The second kappa shape index (κ2) is 8.32. The van der Waals surface area contributed by atoms with Crippen LogP contribution in [-0.2, 0) is 4.79 Å². The number of hydrogen-bond acceptors (Lipinski definition) is 2. The summed E-state index contributed by atoms with van der Waals surface area (Å²) in [6.07, 6.45) is 1.89. The molecule has 21 heavy (non-hydrogen) atoms. The van der Waals surface area contributed by atoms with E-state index in [1.807, 2.05) is 6.92 Å². The highest BCUT2D eigenvalue weighted by molar-refractivity contribution is 6.44. The third-order valence-electron chi connectivity index (χ3n) is 2.71. The predicted molar refractivity (Wildman–Crippen MR) is 84.6 cm³/mol. The molecule has 8 heteroatoms. The molecule has 5 nitrogen and oxygen atoms in total. The van der Waals surface area contributed by atoms with Gasteiger partial charge in [0.15, 0.2) is 0 Å². The maximum Gasteiger partial charge on any atom is 0.326 e. The van der Waals surface area contributed by atoms with E-state index in [0.717, 1.165) is 6.42 Å². The summed E-state index contributed by atoms with van der Waals surface area (Å²) in [4.78, 5) is 22.9. The van der Waals surface area contributed by atoms with Crippen LogP contribution in [0.15, 0.2) is 12.1 Å². The summed E-state index contributed by atoms with van der Waals surface area (Å²) < 4.78 is 0. The quantitative estimate of drug-likeness (QED) is 0.663. The molecule has 1 aromatic carbocycles. The van der Waals surface area contributed by atoms with E-state index in [2.05, 4.69) is 10.6 Å². The third-order valence-corrected chi connectivity index (χ3v) is 3.74. The van der Waals surface area contributed by atoms with E-state index >= 15 is 0 Å². The number of anilines is 1. The summed E-state index contributed by atoms with van der Waals surface area (Å²) in [5.74, 6) is -1.08. The molecule has 2 amide bonds. The normalized spacial score (nSPS) is 11.8. The second-order valence-electron chi connectivity index (χ2n) is 4.38. The molecule has 0 unspecified atom stereocenters. The zero-order chi connectivity index (χ0) is 16.0. The van der Waals surface area contributed by atoms with E-state index in [9.17, 15) is 9.59 Å². The standard InChI is InChI=1S/C13H15Cl3N2O3/c1-2-3-4-10(12(19)20)17-13(21)18-11-6-8(15)7(14)5-9(11)16/h5-6,10H,2-4H2,1H3,(H,19,20)(H2,17,18,21)/t10-/m0/s1. The highest BCUT2D eigenvalue weighted by Crippen LogP contribution is 2.32. The molecular formula is C13H15Cl3N2O3. The first kappa shape index (κ1) is 17.9. The number of urea groups is 1. The number of aliphatic carboxylic acids is 1. The molecule has 0 saturated heterocycles. The van der Waals surface area contributed by atoms with E-state index in [1.165, 1.54) is 12.1 Å². The maximum absolute atomic E-state index is 11.8. The average molecular weight is 354 g/mol. The first-order chi connectivity index (χ1) is 9.85. The van der Waals surface area contributed by atoms with Crippen LogP contribution in [0.2, 0.25) is 15.1 Å². The highest BCUT2D eigenvalue weighted by Gasteiger charge is 2.19. The van der Waals surface area contributed by atoms with Gasteiger partial charge < -0.3 is 15.7 Å². The minimum atomic E-state index is -1.08. The molecule has 0 aliphatic heterocycles. The fraction of sp³-hybridized carbons (Fsp3) is 0.385. The average Bonchev–Trinajstić information content (AvgIpc) is 2.40. The molecule has 0 radical (unpaired) electrons. The van der Waals surface area contributed by atoms with E-state index in [0.29, 0.717) is 12.8 Å². The number of unbranched alkanes of at least 4 members (excludes halogenated alkanes) is 1. The molecule has 0 aliphatic carbocycles. The van der Waals surface area contributed by atoms with Gasteiger partial charge in [-0.05, 0) is 18.6 Å². The largest absolute Gasteiger partial charge is 0.480 e. The van der Waals surface area contributed by atoms with E-state index in [4.69, 9.17) is 39.9 Å². The second-order valence-corrected chi connectivity index (χ2v) is 5.60. The van der Waals surface area contributed by atoms with Gasteiger partial charge in [0.1, 0.15) is 6.04 Å². The van der Waals surface area contributed by atoms with Crippen molar-refractivity contribution in [2.45, 2.75) is 32.2 Å². The summed E-state index contributed by atoms with van der Waals surface area (Å²) in [6, 6.07) is 1.17. The molecule has 0 heterocycles. The Bertz CT molecular complexity index is 538. The molecule has 1 rings (SSSR count). The maximum atomic E-state index is 11.8. The van der Waals surface area contributed by atoms with Gasteiger partial charge in [-0.15, -0.1) is 0 Å². The first-order valence-corrected chi connectivity index (χ1v) is 7.43. The summed E-state index contributed by atoms with van der Waals surface area (Å²) >= 11 is 17.5. The van der Waals surface area contributed by atoms with Crippen LogP contribution in [0, 0.1) is 0 Å². The van der Waals surface area contributed by atoms with E-state index < -0.39 is 18.0 Å². The molecule has 0 spiro atoms. The van der Waals surface area contributed by atoms with Crippen molar-refractivity contribution >= 4 is 52.5 Å². The molecule has 1 aromatic rings. The number of halogens is 3. The van der Waals surface area contributed by atoms with Gasteiger partial charge in [-0.25, -0.2) is 9.59 Å². The van der Waals surface area contributed by atoms with Crippen molar-refractivity contribution in [3.63, 3.8) is 0 Å². The van der Waals surface area contributed by atoms with Crippen molar-refractivity contribution < 1.29 is 14.7 Å². The Kier molecular flexibility index (Phi) is 7.08. The minimum absolute atomic E-state index is 0.208. The Labute approximate surface area is 137 Å². The van der Waals surface area contributed by atoms with Gasteiger partial charge in [-0.2, -0.15) is 0 Å². The number of amides is 2. The zero-order valence-electron chi connectivity index (χ0n) is 11.3. The number of carbonyl (C=O) groups is 2. The van der Waals surface area contributed by atoms with Crippen molar-refractivity contribution in [1.82, 2.24) is 5.32 Å². The topological polar surface area (TPSA) is 78.4 Å². The minimum Gasteiger partial charge on any atom is -0.480 e. The van der Waals surface area contributed by atoms with Crippen LogP contribution in [0.4, 0.5) is 10.5 Å². The third kappa shape index (κ3) is 5.61. The summed E-state index contributed by atoms with van der Waals surface area (Å²) in [5.41, 5.74) is 0.253. The molecule has 0 saturated carbocycles. The van der Waals surface area contributed by atoms with Crippen molar-refractivity contribution in [1.29, 1.82) is 0 Å². The number of carbonyl (C=O) groups excluding carboxylic acids is 1. The number of carboxylic acids is 1. The number of carboxylic acid groups (broad SMARTS) is 1. The highest BCUT2D eigenvalue weighted by atomic mass is 35.5. The molecular weight excluding hydrogens is 339 g/mol. The van der Waals surface area contributed by atoms with Gasteiger partial charge in [0.25, 0.3) is 0 Å². The molecule has 0 fully saturated rings. The van der Waals surface area contributed by atoms with Crippen molar-refractivity contribution in [3.05, 3.63) is 27.2 Å². The van der Waals surface area contributed by atoms with Crippen LogP contribution >= 0.6 is 34.8 Å². The van der Waals surface area contributed by atoms with E-state index in [1.54, 1.807) is 0 Å². The fourth-order valence-corrected chi connectivity index (χ4v) is 2.19. The van der Waals surface area contributed by atoms with Gasteiger partial charge in [-0.1, -0.05) is 54.6 Å². The molecule has 3 N–H and O–H groups in total. The molecule has 1 atom stereocenters. The summed E-state index contributed by atoms with van der Waals surface area (Å²) in [5, 5.41) is 14.6. The van der Waals surface area contributed by atoms with Crippen molar-refractivity contribution in [2.75, 3.05) is 5.32 Å². The molecule has 0 aliphatic rings. The number of benzene rings is 1. The van der Waals surface area contributed by atoms with Gasteiger partial charge in [-0.3, -0.25) is 0 Å². The van der Waals surface area contributed by atoms with Gasteiger partial charge in [0, 0.05) is 0 Å². The fourth-order valence-electron chi connectivity index (χ4n) is 1.60. The van der Waals surface area contributed by atoms with Crippen LogP contribution in [0.25, 0.3) is 0 Å². The van der Waals surface area contributed by atoms with Gasteiger partial charge >= 0.3 is 12.0 Å². The number of rotatable bonds is 6. The Hall–Kier alpha value is -1.17. The lowest BCUT2D eigenvalue weighted by atomic mass is 10.1. The first-order valence-electron chi connectivity index (χ1n) is 6.30. The van der Waals surface area contributed by atoms with Crippen molar-refractivity contribution in [3.8, 4) is 0 Å². The lowest BCUT2D eigenvalue weighted by molar-refractivity contribution is -0.139. The van der Waals surface area contributed by atoms with Crippen LogP contribution in [0.1, 0.15) is 26.2 Å². The van der Waals surface area contributed by atoms with Crippen molar-refractivity contribution in [2.24, 2.45) is 0 Å². The SMILES string of the molecule is CCCC[C@H](NC(=O)Nc1cc(Cl)c(Cl)cc1Cl)C(=O)O. The van der Waals surface area contributed by atoms with Gasteiger partial charge in [0.05, 0.1) is 20.8 Å². The Balaban J connectivity index is 2.72. The Morgan fingerprint density at radius 1 is 1.19 bits per heavy atom. The molecule has 116 valence electrons. The number of nitrogens with one attached hydrogen (secondary N) is 2. The Morgan fingerprint density at radius 2 is 1.81 bits per heavy atom. The molecule has 0 bridgehead atoms. The molecule has 0 aromatic heterocycles. The monoisotopic (exact) mass is 352 g/mol. The Morgan fingerprint density at radius 3 is 2.38 bits per heavy atom. The lowest BCUT2D eigenvalue weighted by Crippen LogP contribution is -2.43. The summed E-state index contributed by atoms with van der Waals surface area (Å²) in [6.45, 7) is 1.94. The smallest absolute Gasteiger partial charge is 0.326 e. The lowest BCUT2D eigenvalue weighted by Gasteiger charge is -2.15.